The van der Waals surface area contributed by atoms with E-state index in [9.17, 15) is 9.59 Å². The molecule has 1 amide bonds. The highest BCUT2D eigenvalue weighted by molar-refractivity contribution is 9.10. The molecule has 0 aliphatic rings. The van der Waals surface area contributed by atoms with E-state index in [1.807, 2.05) is 0 Å². The summed E-state index contributed by atoms with van der Waals surface area (Å²) in [5.41, 5.74) is 0.335. The number of hydrogen-bond acceptors (Lipinski definition) is 2. The van der Waals surface area contributed by atoms with Crippen LogP contribution < -0.4 is 5.32 Å². The average Bonchev–Trinajstić information content (AvgIpc) is 2.31. The topological polar surface area (TPSA) is 66.4 Å². The van der Waals surface area contributed by atoms with Crippen LogP contribution in [-0.2, 0) is 4.79 Å². The molecule has 18 heavy (non-hydrogen) atoms. The molecule has 0 spiro atoms. The molecule has 1 unspecified atom stereocenters. The molecule has 1 atom stereocenters. The summed E-state index contributed by atoms with van der Waals surface area (Å²) in [7, 11) is 0. The lowest BCUT2D eigenvalue weighted by Crippen LogP contribution is -2.40. The number of rotatable bonds is 5. The fraction of sp³-hybridized carbons (Fsp3) is 0.167. The smallest absolute Gasteiger partial charge is 0.326 e. The highest BCUT2D eigenvalue weighted by atomic mass is 79.9. The lowest BCUT2D eigenvalue weighted by atomic mass is 10.1. The molecule has 0 aromatic heterocycles. The van der Waals surface area contributed by atoms with E-state index in [2.05, 4.69) is 27.8 Å². The zero-order chi connectivity index (χ0) is 13.7. The molecule has 1 aromatic carbocycles. The molecule has 1 rings (SSSR count). The summed E-state index contributed by atoms with van der Waals surface area (Å²) in [5, 5.41) is 11.8. The van der Waals surface area contributed by atoms with Crippen LogP contribution in [0.15, 0.2) is 35.3 Å². The summed E-state index contributed by atoms with van der Waals surface area (Å²) in [4.78, 5) is 22.7. The van der Waals surface area contributed by atoms with Crippen LogP contribution in [-0.4, -0.2) is 23.0 Å². The van der Waals surface area contributed by atoms with Crippen molar-refractivity contribution in [2.45, 2.75) is 12.5 Å². The molecular weight excluding hydrogens is 321 g/mol. The number of carboxylic acid groups (broad SMARTS) is 1. The summed E-state index contributed by atoms with van der Waals surface area (Å²) >= 11 is 9.00. The van der Waals surface area contributed by atoms with Gasteiger partial charge < -0.3 is 10.4 Å². The Morgan fingerprint density at radius 3 is 2.72 bits per heavy atom. The van der Waals surface area contributed by atoms with Gasteiger partial charge in [-0.1, -0.05) is 17.7 Å². The molecule has 4 nitrogen and oxygen atoms in total. The normalized spacial score (nSPS) is 11.7. The highest BCUT2D eigenvalue weighted by Gasteiger charge is 2.19. The van der Waals surface area contributed by atoms with Crippen molar-refractivity contribution in [3.63, 3.8) is 0 Å². The van der Waals surface area contributed by atoms with Crippen LogP contribution in [0.1, 0.15) is 16.8 Å². The molecule has 0 radical (unpaired) electrons. The summed E-state index contributed by atoms with van der Waals surface area (Å²) in [5.74, 6) is -1.57. The molecule has 6 heteroatoms. The first-order valence-electron chi connectivity index (χ1n) is 5.05. The molecule has 0 aliphatic heterocycles. The Hall–Kier alpha value is -1.33. The van der Waals surface area contributed by atoms with Gasteiger partial charge in [0.1, 0.15) is 6.04 Å². The van der Waals surface area contributed by atoms with Gasteiger partial charge in [0.05, 0.1) is 5.02 Å². The van der Waals surface area contributed by atoms with Crippen molar-refractivity contribution >= 4 is 39.4 Å². The first kappa shape index (κ1) is 14.7. The quantitative estimate of drug-likeness (QED) is 0.815. The third kappa shape index (κ3) is 3.85. The Labute approximate surface area is 118 Å². The SMILES string of the molecule is C=CCC(NC(=O)c1ccc(Cl)c(Br)c1)C(=O)O. The van der Waals surface area contributed by atoms with E-state index in [0.29, 0.717) is 15.1 Å². The maximum Gasteiger partial charge on any atom is 0.326 e. The van der Waals surface area contributed by atoms with Crippen LogP contribution in [0.4, 0.5) is 0 Å². The van der Waals surface area contributed by atoms with E-state index in [4.69, 9.17) is 16.7 Å². The fourth-order valence-electron chi connectivity index (χ4n) is 1.27. The van der Waals surface area contributed by atoms with Crippen molar-refractivity contribution in [3.05, 3.63) is 45.9 Å². The number of halogens is 2. The van der Waals surface area contributed by atoms with Crippen molar-refractivity contribution in [2.75, 3.05) is 0 Å². The second kappa shape index (κ2) is 6.56. The van der Waals surface area contributed by atoms with Crippen LogP contribution >= 0.6 is 27.5 Å². The summed E-state index contributed by atoms with van der Waals surface area (Å²) in [6, 6.07) is 3.63. The summed E-state index contributed by atoms with van der Waals surface area (Å²) in [6.07, 6.45) is 1.60. The first-order chi connectivity index (χ1) is 8.45. The Bertz CT molecular complexity index is 490. The van der Waals surface area contributed by atoms with E-state index < -0.39 is 17.9 Å². The standard InChI is InChI=1S/C12H11BrClNO3/c1-2-3-10(12(17)18)15-11(16)7-4-5-9(14)8(13)6-7/h2,4-6,10H,1,3H2,(H,15,16)(H,17,18). The maximum absolute atomic E-state index is 11.8. The lowest BCUT2D eigenvalue weighted by molar-refractivity contribution is -0.139. The van der Waals surface area contributed by atoms with Gasteiger partial charge in [-0.15, -0.1) is 6.58 Å². The van der Waals surface area contributed by atoms with Gasteiger partial charge in [0.2, 0.25) is 0 Å². The van der Waals surface area contributed by atoms with Gasteiger partial charge >= 0.3 is 5.97 Å². The van der Waals surface area contributed by atoms with Gasteiger partial charge in [-0.2, -0.15) is 0 Å². The molecule has 0 fully saturated rings. The van der Waals surface area contributed by atoms with E-state index in [1.165, 1.54) is 18.2 Å². The molecular formula is C12H11BrClNO3. The average molecular weight is 333 g/mol. The molecule has 1 aromatic rings. The van der Waals surface area contributed by atoms with E-state index >= 15 is 0 Å². The maximum atomic E-state index is 11.8. The van der Waals surface area contributed by atoms with Crippen LogP contribution in [0.2, 0.25) is 5.02 Å². The molecule has 0 aliphatic carbocycles. The molecule has 96 valence electrons. The number of amides is 1. The fourth-order valence-corrected chi connectivity index (χ4v) is 1.76. The number of aliphatic carboxylic acids is 1. The second-order valence-corrected chi connectivity index (χ2v) is 4.78. The minimum atomic E-state index is -1.10. The number of benzene rings is 1. The number of nitrogens with one attached hydrogen (secondary N) is 1. The summed E-state index contributed by atoms with van der Waals surface area (Å²) < 4.78 is 0.576. The molecule has 0 heterocycles. The second-order valence-electron chi connectivity index (χ2n) is 3.52. The third-order valence-electron chi connectivity index (χ3n) is 2.19. The third-order valence-corrected chi connectivity index (χ3v) is 3.40. The number of carbonyl (C=O) groups excluding carboxylic acids is 1. The molecule has 0 bridgehead atoms. The van der Waals surface area contributed by atoms with Gasteiger partial charge in [0.15, 0.2) is 0 Å². The molecule has 2 N–H and O–H groups in total. The van der Waals surface area contributed by atoms with Gasteiger partial charge in [-0.25, -0.2) is 4.79 Å². The predicted octanol–water partition coefficient (Wildman–Crippen LogP) is 2.86. The van der Waals surface area contributed by atoms with Crippen molar-refractivity contribution in [1.82, 2.24) is 5.32 Å². The van der Waals surface area contributed by atoms with E-state index in [1.54, 1.807) is 6.07 Å². The van der Waals surface area contributed by atoms with Crippen LogP contribution in [0.3, 0.4) is 0 Å². The highest BCUT2D eigenvalue weighted by Crippen LogP contribution is 2.23. The largest absolute Gasteiger partial charge is 0.480 e. The Morgan fingerprint density at radius 1 is 1.56 bits per heavy atom. The Kier molecular flexibility index (Phi) is 5.37. The lowest BCUT2D eigenvalue weighted by Gasteiger charge is -2.12. The van der Waals surface area contributed by atoms with Crippen molar-refractivity contribution < 1.29 is 14.7 Å². The minimum absolute atomic E-state index is 0.163. The monoisotopic (exact) mass is 331 g/mol. The van der Waals surface area contributed by atoms with Crippen LogP contribution in [0, 0.1) is 0 Å². The zero-order valence-corrected chi connectivity index (χ0v) is 11.7. The van der Waals surface area contributed by atoms with E-state index in [0.717, 1.165) is 0 Å². The van der Waals surface area contributed by atoms with Gasteiger partial charge in [0.25, 0.3) is 5.91 Å². The minimum Gasteiger partial charge on any atom is -0.480 e. The van der Waals surface area contributed by atoms with Crippen LogP contribution in [0.25, 0.3) is 0 Å². The number of carbonyl (C=O) groups is 2. The van der Waals surface area contributed by atoms with Crippen molar-refractivity contribution in [1.29, 1.82) is 0 Å². The van der Waals surface area contributed by atoms with E-state index in [-0.39, 0.29) is 6.42 Å². The van der Waals surface area contributed by atoms with Crippen molar-refractivity contribution in [3.8, 4) is 0 Å². The zero-order valence-electron chi connectivity index (χ0n) is 9.32. The first-order valence-corrected chi connectivity index (χ1v) is 6.22. The van der Waals surface area contributed by atoms with Gasteiger partial charge in [-0.05, 0) is 40.5 Å². The Balaban J connectivity index is 2.83. The number of carboxylic acids is 1. The Morgan fingerprint density at radius 2 is 2.22 bits per heavy atom. The number of hydrogen-bond donors (Lipinski definition) is 2. The van der Waals surface area contributed by atoms with Gasteiger partial charge in [-0.3, -0.25) is 4.79 Å². The van der Waals surface area contributed by atoms with Crippen molar-refractivity contribution in [2.24, 2.45) is 0 Å². The molecule has 0 saturated heterocycles. The summed E-state index contributed by atoms with van der Waals surface area (Å²) in [6.45, 7) is 3.45. The predicted molar refractivity (Wildman–Crippen MR) is 72.9 cm³/mol. The van der Waals surface area contributed by atoms with Crippen LogP contribution in [0.5, 0.6) is 0 Å². The van der Waals surface area contributed by atoms with Gasteiger partial charge in [0, 0.05) is 10.0 Å². The molecule has 0 saturated carbocycles.